The molecule has 3 atom stereocenters. The Morgan fingerprint density at radius 2 is 1.96 bits per heavy atom. The lowest BCUT2D eigenvalue weighted by atomic mass is 9.66. The third kappa shape index (κ3) is 2.22. The van der Waals surface area contributed by atoms with Crippen LogP contribution in [0, 0.1) is 12.8 Å². The molecule has 0 unspecified atom stereocenters. The summed E-state index contributed by atoms with van der Waals surface area (Å²) in [6, 6.07) is 14.3. The fraction of sp³-hybridized carbons (Fsp3) is 0.381. The Balaban J connectivity index is 1.78. The minimum absolute atomic E-state index is 0.197. The predicted molar refractivity (Wildman–Crippen MR) is 95.6 cm³/mol. The summed E-state index contributed by atoms with van der Waals surface area (Å²) in [6.07, 6.45) is 3.68. The third-order valence-electron chi connectivity index (χ3n) is 6.05. The molecule has 2 aliphatic rings. The van der Waals surface area contributed by atoms with Crippen LogP contribution in [0.1, 0.15) is 59.3 Å². The molecule has 0 saturated heterocycles. The molecule has 0 aromatic heterocycles. The summed E-state index contributed by atoms with van der Waals surface area (Å²) < 4.78 is 0. The van der Waals surface area contributed by atoms with E-state index in [-0.39, 0.29) is 11.5 Å². The van der Waals surface area contributed by atoms with Gasteiger partial charge in [0.15, 0.2) is 0 Å². The molecular formula is C21H23NO2. The summed E-state index contributed by atoms with van der Waals surface area (Å²) in [6.45, 7) is 4.56. The van der Waals surface area contributed by atoms with Gasteiger partial charge in [0.25, 0.3) is 0 Å². The average Bonchev–Trinajstić information content (AvgIpc) is 2.97. The fourth-order valence-electron chi connectivity index (χ4n) is 4.74. The van der Waals surface area contributed by atoms with Gasteiger partial charge in [0, 0.05) is 5.69 Å². The van der Waals surface area contributed by atoms with E-state index in [9.17, 15) is 4.79 Å². The Kier molecular flexibility index (Phi) is 3.41. The average molecular weight is 321 g/mol. The van der Waals surface area contributed by atoms with Gasteiger partial charge in [-0.1, -0.05) is 43.2 Å². The maximum Gasteiger partial charge on any atom is 0.335 e. The number of hydrogen-bond donors (Lipinski definition) is 2. The van der Waals surface area contributed by atoms with Crippen molar-refractivity contribution in [3.8, 4) is 0 Å². The number of rotatable bonds is 2. The van der Waals surface area contributed by atoms with Gasteiger partial charge in [-0.3, -0.25) is 0 Å². The molecule has 1 saturated carbocycles. The van der Waals surface area contributed by atoms with Gasteiger partial charge in [-0.25, -0.2) is 4.79 Å². The van der Waals surface area contributed by atoms with Crippen molar-refractivity contribution in [3.05, 3.63) is 64.7 Å². The van der Waals surface area contributed by atoms with Crippen LogP contribution in [0.2, 0.25) is 0 Å². The van der Waals surface area contributed by atoms with E-state index >= 15 is 0 Å². The quantitative estimate of drug-likeness (QED) is 0.825. The highest BCUT2D eigenvalue weighted by Crippen LogP contribution is 2.56. The molecule has 124 valence electrons. The van der Waals surface area contributed by atoms with Gasteiger partial charge < -0.3 is 10.4 Å². The largest absolute Gasteiger partial charge is 0.478 e. The number of aromatic carboxylic acids is 1. The van der Waals surface area contributed by atoms with Crippen LogP contribution in [0.15, 0.2) is 42.5 Å². The SMILES string of the molecule is Cc1ccc2c(c1)[C@]1(C)CCC[C@@H]1[C@@H](c1ccc(C(=O)O)cc1)N2. The number of carboxylic acid groups (broad SMARTS) is 1. The van der Waals surface area contributed by atoms with Gasteiger partial charge in [-0.2, -0.15) is 0 Å². The van der Waals surface area contributed by atoms with Crippen LogP contribution in [-0.2, 0) is 5.41 Å². The van der Waals surface area contributed by atoms with Gasteiger partial charge in [-0.15, -0.1) is 0 Å². The summed E-state index contributed by atoms with van der Waals surface area (Å²) in [5.74, 6) is -0.327. The molecule has 3 nitrogen and oxygen atoms in total. The second-order valence-corrected chi connectivity index (χ2v) is 7.51. The molecule has 24 heavy (non-hydrogen) atoms. The number of carboxylic acids is 1. The molecule has 4 rings (SSSR count). The lowest BCUT2D eigenvalue weighted by Gasteiger charge is -2.45. The zero-order valence-corrected chi connectivity index (χ0v) is 14.2. The Labute approximate surface area is 142 Å². The molecule has 1 aliphatic carbocycles. The Morgan fingerprint density at radius 3 is 2.67 bits per heavy atom. The van der Waals surface area contributed by atoms with Crippen LogP contribution < -0.4 is 5.32 Å². The van der Waals surface area contributed by atoms with Crippen molar-refractivity contribution in [1.82, 2.24) is 0 Å². The van der Waals surface area contributed by atoms with E-state index in [0.717, 1.165) is 0 Å². The highest BCUT2D eigenvalue weighted by molar-refractivity contribution is 5.87. The molecule has 1 fully saturated rings. The van der Waals surface area contributed by atoms with E-state index in [2.05, 4.69) is 37.4 Å². The number of aryl methyl sites for hydroxylation is 1. The minimum Gasteiger partial charge on any atom is -0.478 e. The number of fused-ring (bicyclic) bond motifs is 3. The summed E-state index contributed by atoms with van der Waals surface area (Å²) >= 11 is 0. The Bertz CT molecular complexity index is 796. The highest BCUT2D eigenvalue weighted by Gasteiger charge is 2.48. The number of carbonyl (C=O) groups is 1. The van der Waals surface area contributed by atoms with Crippen molar-refractivity contribution in [2.24, 2.45) is 5.92 Å². The zero-order chi connectivity index (χ0) is 16.9. The molecular weight excluding hydrogens is 298 g/mol. The zero-order valence-electron chi connectivity index (χ0n) is 14.2. The molecule has 1 heterocycles. The van der Waals surface area contributed by atoms with Crippen LogP contribution >= 0.6 is 0 Å². The smallest absolute Gasteiger partial charge is 0.335 e. The van der Waals surface area contributed by atoms with Crippen molar-refractivity contribution in [2.75, 3.05) is 5.32 Å². The van der Waals surface area contributed by atoms with Gasteiger partial charge in [0.05, 0.1) is 11.6 Å². The monoisotopic (exact) mass is 321 g/mol. The third-order valence-corrected chi connectivity index (χ3v) is 6.05. The van der Waals surface area contributed by atoms with Gasteiger partial charge in [-0.05, 0) is 60.4 Å². The van der Waals surface area contributed by atoms with Crippen molar-refractivity contribution in [2.45, 2.75) is 44.6 Å². The van der Waals surface area contributed by atoms with E-state index in [1.807, 2.05) is 12.1 Å². The Morgan fingerprint density at radius 1 is 1.21 bits per heavy atom. The normalized spacial score (nSPS) is 27.9. The Hall–Kier alpha value is -2.29. The van der Waals surface area contributed by atoms with Crippen LogP contribution in [0.4, 0.5) is 5.69 Å². The van der Waals surface area contributed by atoms with Gasteiger partial charge >= 0.3 is 5.97 Å². The molecule has 2 aromatic carbocycles. The van der Waals surface area contributed by atoms with Crippen molar-refractivity contribution in [1.29, 1.82) is 0 Å². The molecule has 2 aromatic rings. The highest BCUT2D eigenvalue weighted by atomic mass is 16.4. The lowest BCUT2D eigenvalue weighted by Crippen LogP contribution is -2.39. The standard InChI is InChI=1S/C21H23NO2/c1-13-5-10-18-17(12-13)21(2)11-3-4-16(21)19(22-18)14-6-8-15(9-7-14)20(23)24/h5-10,12,16,19,22H,3-4,11H2,1-2H3,(H,23,24)/t16-,19-,21-/m1/s1. The number of nitrogens with one attached hydrogen (secondary N) is 1. The van der Waals surface area contributed by atoms with Gasteiger partial charge in [0.2, 0.25) is 0 Å². The summed E-state index contributed by atoms with van der Waals surface area (Å²) in [4.78, 5) is 11.1. The lowest BCUT2D eigenvalue weighted by molar-refractivity contribution is 0.0697. The van der Waals surface area contributed by atoms with Crippen LogP contribution in [0.25, 0.3) is 0 Å². The predicted octanol–water partition coefficient (Wildman–Crippen LogP) is 4.92. The van der Waals surface area contributed by atoms with Crippen LogP contribution in [0.3, 0.4) is 0 Å². The summed E-state index contributed by atoms with van der Waals surface area (Å²) in [5.41, 5.74) is 5.72. The van der Waals surface area contributed by atoms with E-state index in [4.69, 9.17) is 5.11 Å². The minimum atomic E-state index is -0.871. The van der Waals surface area contributed by atoms with Crippen molar-refractivity contribution >= 4 is 11.7 Å². The number of anilines is 1. The van der Waals surface area contributed by atoms with Crippen molar-refractivity contribution in [3.63, 3.8) is 0 Å². The first-order valence-electron chi connectivity index (χ1n) is 8.70. The van der Waals surface area contributed by atoms with E-state index in [1.165, 1.54) is 41.6 Å². The van der Waals surface area contributed by atoms with E-state index in [0.29, 0.717) is 11.5 Å². The fourth-order valence-corrected chi connectivity index (χ4v) is 4.74. The summed E-state index contributed by atoms with van der Waals surface area (Å²) in [5, 5.41) is 12.9. The molecule has 3 heteroatoms. The molecule has 2 N–H and O–H groups in total. The van der Waals surface area contributed by atoms with Crippen molar-refractivity contribution < 1.29 is 9.90 Å². The first kappa shape index (κ1) is 15.3. The summed E-state index contributed by atoms with van der Waals surface area (Å²) in [7, 11) is 0. The molecule has 0 radical (unpaired) electrons. The molecule has 0 spiro atoms. The number of hydrogen-bond acceptors (Lipinski definition) is 2. The second-order valence-electron chi connectivity index (χ2n) is 7.51. The first-order chi connectivity index (χ1) is 11.5. The van der Waals surface area contributed by atoms with Crippen LogP contribution in [-0.4, -0.2) is 11.1 Å². The molecule has 0 bridgehead atoms. The second kappa shape index (κ2) is 5.37. The first-order valence-corrected chi connectivity index (χ1v) is 8.70. The maximum absolute atomic E-state index is 11.1. The molecule has 0 amide bonds. The molecule has 1 aliphatic heterocycles. The van der Waals surface area contributed by atoms with Crippen LogP contribution in [0.5, 0.6) is 0 Å². The topological polar surface area (TPSA) is 49.3 Å². The van der Waals surface area contributed by atoms with E-state index in [1.54, 1.807) is 12.1 Å². The maximum atomic E-state index is 11.1. The van der Waals surface area contributed by atoms with Gasteiger partial charge in [0.1, 0.15) is 0 Å². The number of benzene rings is 2. The van der Waals surface area contributed by atoms with E-state index < -0.39 is 5.97 Å².